The minimum absolute atomic E-state index is 0.103. The van der Waals surface area contributed by atoms with Gasteiger partial charge in [-0.05, 0) is 6.42 Å². The number of methoxy groups -OCH3 is 1. The first-order valence-electron chi connectivity index (χ1n) is 3.88. The van der Waals surface area contributed by atoms with E-state index in [0.29, 0.717) is 13.2 Å². The molecule has 0 aliphatic carbocycles. The summed E-state index contributed by atoms with van der Waals surface area (Å²) in [6.07, 6.45) is 1.03. The fraction of sp³-hybridized carbons (Fsp3) is 1.00. The SMILES string of the molecule is CCCOCC(COC)NN. The summed E-state index contributed by atoms with van der Waals surface area (Å²) in [7, 11) is 1.64. The Bertz CT molecular complexity index is 80.8. The molecule has 0 spiro atoms. The maximum Gasteiger partial charge on any atom is 0.0678 e. The summed E-state index contributed by atoms with van der Waals surface area (Å²) >= 11 is 0. The monoisotopic (exact) mass is 162 g/mol. The second kappa shape index (κ2) is 7.94. The number of ether oxygens (including phenoxy) is 2. The molecule has 3 N–H and O–H groups in total. The highest BCUT2D eigenvalue weighted by Gasteiger charge is 2.04. The molecule has 0 saturated heterocycles. The van der Waals surface area contributed by atoms with E-state index in [1.165, 1.54) is 0 Å². The molecule has 1 atom stereocenters. The van der Waals surface area contributed by atoms with Gasteiger partial charge in [-0.25, -0.2) is 0 Å². The van der Waals surface area contributed by atoms with Crippen molar-refractivity contribution < 1.29 is 9.47 Å². The largest absolute Gasteiger partial charge is 0.383 e. The minimum atomic E-state index is 0.103. The maximum absolute atomic E-state index is 5.27. The first kappa shape index (κ1) is 10.8. The van der Waals surface area contributed by atoms with Gasteiger partial charge in [0.1, 0.15) is 0 Å². The Balaban J connectivity index is 3.20. The van der Waals surface area contributed by atoms with E-state index in [2.05, 4.69) is 12.3 Å². The normalized spacial score (nSPS) is 13.4. The van der Waals surface area contributed by atoms with Gasteiger partial charge < -0.3 is 9.47 Å². The van der Waals surface area contributed by atoms with E-state index >= 15 is 0 Å². The predicted octanol–water partition coefficient (Wildman–Crippen LogP) is -0.109. The third kappa shape index (κ3) is 6.25. The van der Waals surface area contributed by atoms with E-state index < -0.39 is 0 Å². The number of hydrogen-bond donors (Lipinski definition) is 2. The van der Waals surface area contributed by atoms with Crippen LogP contribution in [0.2, 0.25) is 0 Å². The van der Waals surface area contributed by atoms with E-state index in [1.54, 1.807) is 7.11 Å². The van der Waals surface area contributed by atoms with Gasteiger partial charge in [-0.2, -0.15) is 0 Å². The minimum Gasteiger partial charge on any atom is -0.383 e. The smallest absolute Gasteiger partial charge is 0.0678 e. The molecule has 0 saturated carbocycles. The maximum atomic E-state index is 5.27. The zero-order chi connectivity index (χ0) is 8.53. The molecule has 0 aromatic carbocycles. The lowest BCUT2D eigenvalue weighted by Crippen LogP contribution is -2.41. The van der Waals surface area contributed by atoms with Crippen LogP contribution < -0.4 is 11.3 Å². The van der Waals surface area contributed by atoms with Crippen LogP contribution in [0.5, 0.6) is 0 Å². The van der Waals surface area contributed by atoms with Crippen molar-refractivity contribution in [2.24, 2.45) is 5.84 Å². The summed E-state index contributed by atoms with van der Waals surface area (Å²) < 4.78 is 10.2. The second-order valence-corrected chi connectivity index (χ2v) is 2.39. The highest BCUT2D eigenvalue weighted by atomic mass is 16.5. The second-order valence-electron chi connectivity index (χ2n) is 2.39. The molecule has 0 aliphatic rings. The quantitative estimate of drug-likeness (QED) is 0.311. The number of hydrazine groups is 1. The summed E-state index contributed by atoms with van der Waals surface area (Å²) in [6, 6.07) is 0.103. The molecular formula is C7H18N2O2. The summed E-state index contributed by atoms with van der Waals surface area (Å²) in [6.45, 7) is 4.04. The predicted molar refractivity (Wildman–Crippen MR) is 44.1 cm³/mol. The van der Waals surface area contributed by atoms with Gasteiger partial charge in [-0.3, -0.25) is 11.3 Å². The molecule has 0 aliphatic heterocycles. The van der Waals surface area contributed by atoms with E-state index in [0.717, 1.165) is 13.0 Å². The van der Waals surface area contributed by atoms with Crippen LogP contribution in [0.3, 0.4) is 0 Å². The zero-order valence-corrected chi connectivity index (χ0v) is 7.30. The molecule has 0 aromatic heterocycles. The van der Waals surface area contributed by atoms with Crippen LogP contribution in [0.1, 0.15) is 13.3 Å². The Morgan fingerprint density at radius 2 is 2.18 bits per heavy atom. The van der Waals surface area contributed by atoms with Gasteiger partial charge in [-0.1, -0.05) is 6.92 Å². The summed E-state index contributed by atoms with van der Waals surface area (Å²) in [4.78, 5) is 0. The van der Waals surface area contributed by atoms with Crippen LogP contribution in [0.25, 0.3) is 0 Å². The third-order valence-electron chi connectivity index (χ3n) is 1.27. The third-order valence-corrected chi connectivity index (χ3v) is 1.27. The highest BCUT2D eigenvalue weighted by Crippen LogP contribution is 1.86. The highest BCUT2D eigenvalue weighted by molar-refractivity contribution is 4.59. The van der Waals surface area contributed by atoms with Gasteiger partial charge in [0, 0.05) is 13.7 Å². The van der Waals surface area contributed by atoms with Crippen LogP contribution in [0, 0.1) is 0 Å². The fourth-order valence-electron chi connectivity index (χ4n) is 0.715. The van der Waals surface area contributed by atoms with Crippen molar-refractivity contribution in [3.05, 3.63) is 0 Å². The van der Waals surface area contributed by atoms with Crippen molar-refractivity contribution in [1.82, 2.24) is 5.43 Å². The molecule has 0 rings (SSSR count). The van der Waals surface area contributed by atoms with Crippen LogP contribution >= 0.6 is 0 Å². The Morgan fingerprint density at radius 1 is 1.45 bits per heavy atom. The molecule has 0 heterocycles. The fourth-order valence-corrected chi connectivity index (χ4v) is 0.715. The zero-order valence-electron chi connectivity index (χ0n) is 7.30. The standard InChI is InChI=1S/C7H18N2O2/c1-3-4-11-6-7(9-8)5-10-2/h7,9H,3-6,8H2,1-2H3. The molecule has 0 radical (unpaired) electrons. The Labute approximate surface area is 68.0 Å². The van der Waals surface area contributed by atoms with Gasteiger partial charge in [0.2, 0.25) is 0 Å². The van der Waals surface area contributed by atoms with Crippen molar-refractivity contribution in [3.63, 3.8) is 0 Å². The topological polar surface area (TPSA) is 56.5 Å². The summed E-state index contributed by atoms with van der Waals surface area (Å²) in [5, 5.41) is 0. The Kier molecular flexibility index (Phi) is 7.83. The van der Waals surface area contributed by atoms with E-state index in [-0.39, 0.29) is 6.04 Å². The Hall–Kier alpha value is -0.160. The molecule has 4 heteroatoms. The molecule has 0 fully saturated rings. The molecular weight excluding hydrogens is 144 g/mol. The first-order valence-corrected chi connectivity index (χ1v) is 3.88. The number of hydrogen-bond acceptors (Lipinski definition) is 4. The van der Waals surface area contributed by atoms with Gasteiger partial charge in [-0.15, -0.1) is 0 Å². The average molecular weight is 162 g/mol. The first-order chi connectivity index (χ1) is 5.35. The molecule has 4 nitrogen and oxygen atoms in total. The van der Waals surface area contributed by atoms with Crippen molar-refractivity contribution in [2.75, 3.05) is 26.9 Å². The molecule has 11 heavy (non-hydrogen) atoms. The van der Waals surface area contributed by atoms with Crippen LogP contribution in [0.4, 0.5) is 0 Å². The van der Waals surface area contributed by atoms with Gasteiger partial charge in [0.15, 0.2) is 0 Å². The summed E-state index contributed by atoms with van der Waals surface area (Å²) in [5.41, 5.74) is 2.61. The molecule has 1 unspecified atom stereocenters. The number of nitrogens with one attached hydrogen (secondary N) is 1. The van der Waals surface area contributed by atoms with Crippen LogP contribution in [-0.2, 0) is 9.47 Å². The van der Waals surface area contributed by atoms with Crippen molar-refractivity contribution in [3.8, 4) is 0 Å². The summed E-state index contributed by atoms with van der Waals surface area (Å²) in [5.74, 6) is 5.23. The van der Waals surface area contributed by atoms with Gasteiger partial charge >= 0.3 is 0 Å². The average Bonchev–Trinajstić information content (AvgIpc) is 2.03. The van der Waals surface area contributed by atoms with Crippen molar-refractivity contribution in [1.29, 1.82) is 0 Å². The molecule has 0 amide bonds. The lowest BCUT2D eigenvalue weighted by atomic mass is 10.3. The number of rotatable bonds is 7. The van der Waals surface area contributed by atoms with Gasteiger partial charge in [0.25, 0.3) is 0 Å². The van der Waals surface area contributed by atoms with E-state index in [9.17, 15) is 0 Å². The molecule has 68 valence electrons. The van der Waals surface area contributed by atoms with Crippen molar-refractivity contribution >= 4 is 0 Å². The van der Waals surface area contributed by atoms with Crippen LogP contribution in [0.15, 0.2) is 0 Å². The van der Waals surface area contributed by atoms with Crippen molar-refractivity contribution in [2.45, 2.75) is 19.4 Å². The van der Waals surface area contributed by atoms with E-state index in [1.807, 2.05) is 0 Å². The van der Waals surface area contributed by atoms with E-state index in [4.69, 9.17) is 15.3 Å². The number of nitrogens with two attached hydrogens (primary N) is 1. The molecule has 0 aromatic rings. The lowest BCUT2D eigenvalue weighted by Gasteiger charge is -2.14. The Morgan fingerprint density at radius 3 is 2.64 bits per heavy atom. The van der Waals surface area contributed by atoms with Crippen LogP contribution in [-0.4, -0.2) is 33.0 Å². The van der Waals surface area contributed by atoms with Gasteiger partial charge in [0.05, 0.1) is 19.3 Å². The lowest BCUT2D eigenvalue weighted by molar-refractivity contribution is 0.0747. The molecule has 0 bridgehead atoms.